The van der Waals surface area contributed by atoms with Gasteiger partial charge in [0.25, 0.3) is 0 Å². The molecular formula is C23H17ClI2N2O4. The maximum Gasteiger partial charge on any atom is 0.244 e. The van der Waals surface area contributed by atoms with E-state index in [1.165, 1.54) is 0 Å². The van der Waals surface area contributed by atoms with Crippen LogP contribution in [0.3, 0.4) is 0 Å². The van der Waals surface area contributed by atoms with Crippen LogP contribution in [0.15, 0.2) is 59.7 Å². The molecule has 1 N–H and O–H groups in total. The number of nitrogens with one attached hydrogen (secondary N) is 1. The molecule has 1 aliphatic heterocycles. The Hall–Kier alpha value is -2.05. The Balaban J connectivity index is 1.33. The first kappa shape index (κ1) is 23.1. The van der Waals surface area contributed by atoms with Crippen molar-refractivity contribution in [3.63, 3.8) is 0 Å². The fraction of sp³-hybridized carbons (Fsp3) is 0.130. The minimum atomic E-state index is -0.215. The summed E-state index contributed by atoms with van der Waals surface area (Å²) >= 11 is 10.4. The van der Waals surface area contributed by atoms with Gasteiger partial charge in [-0.15, -0.1) is 0 Å². The van der Waals surface area contributed by atoms with Crippen LogP contribution in [-0.2, 0) is 17.8 Å². The number of hydrogen-bond donors (Lipinski definition) is 1. The average Bonchev–Trinajstić information content (AvgIpc) is 3.22. The largest absolute Gasteiger partial charge is 0.487 e. The first-order valence-electron chi connectivity index (χ1n) is 9.54. The van der Waals surface area contributed by atoms with Crippen molar-refractivity contribution >= 4 is 68.9 Å². The third-order valence-electron chi connectivity index (χ3n) is 4.52. The maximum atomic E-state index is 12.2. The van der Waals surface area contributed by atoms with Gasteiger partial charge in [0, 0.05) is 5.02 Å². The zero-order chi connectivity index (χ0) is 22.5. The van der Waals surface area contributed by atoms with E-state index in [4.69, 9.17) is 25.8 Å². The Morgan fingerprint density at radius 1 is 1.03 bits per heavy atom. The van der Waals surface area contributed by atoms with Gasteiger partial charge >= 0.3 is 0 Å². The molecule has 32 heavy (non-hydrogen) atoms. The number of amides is 1. The predicted molar refractivity (Wildman–Crippen MR) is 140 cm³/mol. The molecule has 0 aromatic heterocycles. The van der Waals surface area contributed by atoms with E-state index in [0.29, 0.717) is 23.1 Å². The van der Waals surface area contributed by atoms with E-state index >= 15 is 0 Å². The lowest BCUT2D eigenvalue weighted by Crippen LogP contribution is -2.19. The third-order valence-corrected chi connectivity index (χ3v) is 6.38. The lowest BCUT2D eigenvalue weighted by molar-refractivity contribution is -0.120. The van der Waals surface area contributed by atoms with E-state index in [0.717, 1.165) is 29.6 Å². The predicted octanol–water partition coefficient (Wildman–Crippen LogP) is 5.55. The van der Waals surface area contributed by atoms with Crippen molar-refractivity contribution in [3.8, 4) is 17.2 Å². The normalized spacial score (nSPS) is 12.2. The quantitative estimate of drug-likeness (QED) is 0.203. The Labute approximate surface area is 217 Å². The van der Waals surface area contributed by atoms with Crippen LogP contribution in [0.25, 0.3) is 0 Å². The van der Waals surface area contributed by atoms with Crippen molar-refractivity contribution in [2.45, 2.75) is 13.0 Å². The number of halogens is 3. The lowest BCUT2D eigenvalue weighted by Gasteiger charge is -2.11. The van der Waals surface area contributed by atoms with E-state index < -0.39 is 0 Å². The van der Waals surface area contributed by atoms with Crippen molar-refractivity contribution in [1.29, 1.82) is 0 Å². The molecule has 3 aromatic rings. The summed E-state index contributed by atoms with van der Waals surface area (Å²) in [5.74, 6) is 1.94. The second kappa shape index (κ2) is 10.7. The average molecular weight is 675 g/mol. The van der Waals surface area contributed by atoms with E-state index in [9.17, 15) is 4.79 Å². The van der Waals surface area contributed by atoms with Gasteiger partial charge in [-0.25, -0.2) is 5.43 Å². The number of nitrogens with zero attached hydrogens (tertiary/aromatic N) is 1. The number of carbonyl (C=O) groups is 1. The molecule has 3 aromatic carbocycles. The summed E-state index contributed by atoms with van der Waals surface area (Å²) in [6, 6.07) is 16.9. The summed E-state index contributed by atoms with van der Waals surface area (Å²) < 4.78 is 18.5. The van der Waals surface area contributed by atoms with Crippen LogP contribution >= 0.6 is 56.8 Å². The topological polar surface area (TPSA) is 69.2 Å². The number of hydrazone groups is 1. The van der Waals surface area contributed by atoms with Gasteiger partial charge in [0.1, 0.15) is 12.4 Å². The minimum absolute atomic E-state index is 0.195. The molecular weight excluding hydrogens is 658 g/mol. The van der Waals surface area contributed by atoms with Crippen LogP contribution in [0.4, 0.5) is 0 Å². The second-order valence-corrected chi connectivity index (χ2v) is 9.65. The van der Waals surface area contributed by atoms with Gasteiger partial charge in [0.2, 0.25) is 12.7 Å². The number of fused-ring (bicyclic) bond motifs is 1. The van der Waals surface area contributed by atoms with E-state index in [1.807, 2.05) is 42.5 Å². The molecule has 0 radical (unpaired) electrons. The summed E-state index contributed by atoms with van der Waals surface area (Å²) in [6.45, 7) is 0.657. The highest BCUT2D eigenvalue weighted by Gasteiger charge is 2.14. The summed E-state index contributed by atoms with van der Waals surface area (Å²) in [6.07, 6.45) is 1.81. The number of benzene rings is 3. The number of ether oxygens (including phenoxy) is 3. The van der Waals surface area contributed by atoms with Crippen molar-refractivity contribution in [2.75, 3.05) is 6.79 Å². The van der Waals surface area contributed by atoms with Crippen LogP contribution in [0, 0.1) is 7.14 Å². The van der Waals surface area contributed by atoms with Crippen molar-refractivity contribution in [3.05, 3.63) is 83.5 Å². The summed E-state index contributed by atoms with van der Waals surface area (Å²) in [4.78, 5) is 12.2. The fourth-order valence-corrected chi connectivity index (χ4v) is 5.24. The number of hydrogen-bond acceptors (Lipinski definition) is 5. The molecule has 1 heterocycles. The van der Waals surface area contributed by atoms with Crippen LogP contribution in [-0.4, -0.2) is 18.9 Å². The Morgan fingerprint density at radius 3 is 2.47 bits per heavy atom. The SMILES string of the molecule is O=C(Cc1ccc2c(c1)OCO2)N/N=C\c1cc(I)c(OCc2ccc(Cl)cc2)c(I)c1. The first-order chi connectivity index (χ1) is 15.5. The Bertz CT molecular complexity index is 1150. The van der Waals surface area contributed by atoms with Crippen molar-refractivity contribution in [2.24, 2.45) is 5.10 Å². The van der Waals surface area contributed by atoms with Crippen LogP contribution in [0.5, 0.6) is 17.2 Å². The summed E-state index contributed by atoms with van der Waals surface area (Å²) in [5, 5.41) is 4.78. The molecule has 1 amide bonds. The molecule has 6 nitrogen and oxygen atoms in total. The molecule has 0 atom stereocenters. The van der Waals surface area contributed by atoms with Gasteiger partial charge < -0.3 is 14.2 Å². The van der Waals surface area contributed by atoms with E-state index in [2.05, 4.69) is 55.7 Å². The smallest absolute Gasteiger partial charge is 0.244 e. The highest BCUT2D eigenvalue weighted by molar-refractivity contribution is 14.1. The monoisotopic (exact) mass is 674 g/mol. The zero-order valence-electron chi connectivity index (χ0n) is 16.6. The van der Waals surface area contributed by atoms with Crippen molar-refractivity contribution in [1.82, 2.24) is 5.43 Å². The minimum Gasteiger partial charge on any atom is -0.487 e. The highest BCUT2D eigenvalue weighted by Crippen LogP contribution is 2.32. The van der Waals surface area contributed by atoms with Crippen LogP contribution < -0.4 is 19.6 Å². The molecule has 0 spiro atoms. The summed E-state index contributed by atoms with van der Waals surface area (Å²) in [5.41, 5.74) is 5.29. The molecule has 1 aliphatic rings. The molecule has 0 aliphatic carbocycles. The number of carbonyl (C=O) groups excluding carboxylic acids is 1. The standard InChI is InChI=1S/C23H17ClI2N2O4/c24-17-4-1-14(2-5-17)12-30-23-18(25)7-16(8-19(23)26)11-27-28-22(29)10-15-3-6-20-21(9-15)32-13-31-20/h1-9,11H,10,12-13H2,(H,28,29)/b27-11-. The van der Waals surface area contributed by atoms with Gasteiger partial charge in [-0.1, -0.05) is 29.8 Å². The molecule has 0 bridgehead atoms. The van der Waals surface area contributed by atoms with Gasteiger partial charge in [0.15, 0.2) is 11.5 Å². The van der Waals surface area contributed by atoms with Gasteiger partial charge in [-0.2, -0.15) is 5.10 Å². The third kappa shape index (κ3) is 6.04. The molecule has 4 rings (SSSR count). The van der Waals surface area contributed by atoms with E-state index in [1.54, 1.807) is 18.3 Å². The molecule has 164 valence electrons. The highest BCUT2D eigenvalue weighted by atomic mass is 127. The number of rotatable bonds is 7. The maximum absolute atomic E-state index is 12.2. The van der Waals surface area contributed by atoms with Gasteiger partial charge in [-0.3, -0.25) is 4.79 Å². The Kier molecular flexibility index (Phi) is 7.74. The first-order valence-corrected chi connectivity index (χ1v) is 12.1. The second-order valence-electron chi connectivity index (χ2n) is 6.89. The summed E-state index contributed by atoms with van der Waals surface area (Å²) in [7, 11) is 0. The molecule has 0 fully saturated rings. The molecule has 0 unspecified atom stereocenters. The Morgan fingerprint density at radius 2 is 1.72 bits per heavy atom. The molecule has 9 heteroatoms. The van der Waals surface area contributed by atoms with Crippen molar-refractivity contribution < 1.29 is 19.0 Å². The fourth-order valence-electron chi connectivity index (χ4n) is 2.98. The zero-order valence-corrected chi connectivity index (χ0v) is 21.7. The van der Waals surface area contributed by atoms with Gasteiger partial charge in [0.05, 0.1) is 19.8 Å². The lowest BCUT2D eigenvalue weighted by atomic mass is 10.1. The van der Waals surface area contributed by atoms with Crippen LogP contribution in [0.2, 0.25) is 5.02 Å². The van der Waals surface area contributed by atoms with Gasteiger partial charge in [-0.05, 0) is 98.3 Å². The van der Waals surface area contributed by atoms with Crippen LogP contribution in [0.1, 0.15) is 16.7 Å². The van der Waals surface area contributed by atoms with E-state index in [-0.39, 0.29) is 19.1 Å². The molecule has 0 saturated heterocycles. The molecule has 0 saturated carbocycles.